The van der Waals surface area contributed by atoms with Crippen LogP contribution in [0, 0.1) is 5.41 Å². The molecule has 0 aromatic rings. The highest BCUT2D eigenvalue weighted by Crippen LogP contribution is 2.31. The number of carbonyl (C=O) groups is 2. The van der Waals surface area contributed by atoms with Crippen molar-refractivity contribution in [2.75, 3.05) is 20.1 Å². The zero-order valence-corrected chi connectivity index (χ0v) is 9.41. The van der Waals surface area contributed by atoms with Gasteiger partial charge in [0.1, 0.15) is 0 Å². The number of amides is 2. The van der Waals surface area contributed by atoms with Crippen LogP contribution in [0.4, 0.5) is 0 Å². The number of carbonyl (C=O) groups excluding carboxylic acids is 2. The van der Waals surface area contributed by atoms with Crippen molar-refractivity contribution in [2.45, 2.75) is 26.4 Å². The molecular formula is C10H18N2O3. The van der Waals surface area contributed by atoms with E-state index in [4.69, 9.17) is 0 Å². The lowest BCUT2D eigenvalue weighted by Gasteiger charge is -2.20. The quantitative estimate of drug-likeness (QED) is 0.610. The molecule has 15 heavy (non-hydrogen) atoms. The molecule has 1 unspecified atom stereocenters. The van der Waals surface area contributed by atoms with Crippen LogP contribution in [0.15, 0.2) is 0 Å². The van der Waals surface area contributed by atoms with Crippen LogP contribution in [0.2, 0.25) is 0 Å². The Morgan fingerprint density at radius 3 is 2.53 bits per heavy atom. The van der Waals surface area contributed by atoms with Crippen LogP contribution in [0.1, 0.15) is 20.3 Å². The maximum atomic E-state index is 11.8. The highest BCUT2D eigenvalue weighted by molar-refractivity contribution is 6.05. The topological polar surface area (TPSA) is 69.6 Å². The Kier molecular flexibility index (Phi) is 3.46. The third-order valence-electron chi connectivity index (χ3n) is 2.55. The number of aliphatic hydroxyl groups is 1. The van der Waals surface area contributed by atoms with E-state index in [1.807, 2.05) is 0 Å². The maximum Gasteiger partial charge on any atom is 0.235 e. The molecule has 5 nitrogen and oxygen atoms in total. The summed E-state index contributed by atoms with van der Waals surface area (Å²) >= 11 is 0. The average Bonchev–Trinajstić information content (AvgIpc) is 2.28. The van der Waals surface area contributed by atoms with E-state index in [1.54, 1.807) is 20.9 Å². The lowest BCUT2D eigenvalue weighted by molar-refractivity contribution is -0.142. The van der Waals surface area contributed by atoms with E-state index in [-0.39, 0.29) is 24.8 Å². The molecule has 1 heterocycles. The first kappa shape index (κ1) is 12.1. The van der Waals surface area contributed by atoms with Gasteiger partial charge in [0.2, 0.25) is 11.8 Å². The monoisotopic (exact) mass is 214 g/mol. The van der Waals surface area contributed by atoms with Crippen molar-refractivity contribution in [3.05, 3.63) is 0 Å². The van der Waals surface area contributed by atoms with Gasteiger partial charge >= 0.3 is 0 Å². The van der Waals surface area contributed by atoms with Crippen molar-refractivity contribution in [1.29, 1.82) is 0 Å². The molecule has 0 aromatic heterocycles. The number of imide groups is 1. The van der Waals surface area contributed by atoms with Crippen LogP contribution >= 0.6 is 0 Å². The Hall–Kier alpha value is -0.940. The lowest BCUT2D eigenvalue weighted by Crippen LogP contribution is -2.41. The molecule has 86 valence electrons. The number of rotatable bonds is 4. The molecule has 0 spiro atoms. The van der Waals surface area contributed by atoms with Crippen molar-refractivity contribution in [1.82, 2.24) is 10.2 Å². The van der Waals surface area contributed by atoms with Gasteiger partial charge in [0.05, 0.1) is 18.1 Å². The van der Waals surface area contributed by atoms with E-state index < -0.39 is 11.5 Å². The molecule has 2 N–H and O–H groups in total. The zero-order chi connectivity index (χ0) is 11.6. The first-order valence-electron chi connectivity index (χ1n) is 5.06. The summed E-state index contributed by atoms with van der Waals surface area (Å²) in [6, 6.07) is 0. The standard InChI is InChI=1S/C10H18N2O3/c1-10(2)4-8(14)12(9(10)15)6-7(13)5-11-3/h7,11,13H,4-6H2,1-3H3. The Morgan fingerprint density at radius 1 is 1.53 bits per heavy atom. The summed E-state index contributed by atoms with van der Waals surface area (Å²) in [5.74, 6) is -0.386. The summed E-state index contributed by atoms with van der Waals surface area (Å²) in [6.07, 6.45) is -0.463. The first-order chi connectivity index (χ1) is 6.88. The fraction of sp³-hybridized carbons (Fsp3) is 0.800. The molecule has 0 radical (unpaired) electrons. The molecule has 0 bridgehead atoms. The lowest BCUT2D eigenvalue weighted by atomic mass is 9.92. The highest BCUT2D eigenvalue weighted by atomic mass is 16.3. The molecule has 1 fully saturated rings. The van der Waals surface area contributed by atoms with Crippen LogP contribution in [0.3, 0.4) is 0 Å². The molecule has 1 saturated heterocycles. The molecule has 0 aliphatic carbocycles. The second-order valence-electron chi connectivity index (χ2n) is 4.58. The number of likely N-dealkylation sites (tertiary alicyclic amines) is 1. The summed E-state index contributed by atoms with van der Waals surface area (Å²) in [7, 11) is 1.71. The van der Waals surface area contributed by atoms with Gasteiger partial charge in [0.15, 0.2) is 0 Å². The third kappa shape index (κ3) is 2.54. The minimum Gasteiger partial charge on any atom is -0.390 e. The molecule has 2 amide bonds. The molecule has 1 aliphatic heterocycles. The molecular weight excluding hydrogens is 196 g/mol. The number of likely N-dealkylation sites (N-methyl/N-ethyl adjacent to an activating group) is 1. The fourth-order valence-electron chi connectivity index (χ4n) is 1.72. The molecule has 5 heteroatoms. The average molecular weight is 214 g/mol. The highest BCUT2D eigenvalue weighted by Gasteiger charge is 2.44. The largest absolute Gasteiger partial charge is 0.390 e. The normalized spacial score (nSPS) is 22.3. The Labute approximate surface area is 89.4 Å². The van der Waals surface area contributed by atoms with Gasteiger partial charge in [0, 0.05) is 13.0 Å². The molecule has 1 aliphatic rings. The summed E-state index contributed by atoms with van der Waals surface area (Å²) in [4.78, 5) is 24.4. The van der Waals surface area contributed by atoms with Gasteiger partial charge in [-0.1, -0.05) is 13.8 Å². The van der Waals surface area contributed by atoms with E-state index >= 15 is 0 Å². The van der Waals surface area contributed by atoms with E-state index in [1.165, 1.54) is 0 Å². The Bertz CT molecular complexity index is 276. The van der Waals surface area contributed by atoms with Crippen LogP contribution in [0.5, 0.6) is 0 Å². The molecule has 0 aromatic carbocycles. The summed E-state index contributed by atoms with van der Waals surface area (Å²) in [5.41, 5.74) is -0.615. The smallest absolute Gasteiger partial charge is 0.235 e. The van der Waals surface area contributed by atoms with Crippen LogP contribution in [-0.4, -0.2) is 48.1 Å². The van der Waals surface area contributed by atoms with E-state index in [9.17, 15) is 14.7 Å². The number of aliphatic hydroxyl groups excluding tert-OH is 1. The van der Waals surface area contributed by atoms with Gasteiger partial charge in [-0.25, -0.2) is 0 Å². The minimum atomic E-state index is -0.697. The summed E-state index contributed by atoms with van der Waals surface area (Å²) in [6.45, 7) is 3.95. The SMILES string of the molecule is CNCC(O)CN1C(=O)CC(C)(C)C1=O. The van der Waals surface area contributed by atoms with E-state index in [2.05, 4.69) is 5.32 Å². The van der Waals surface area contributed by atoms with Gasteiger partial charge in [-0.15, -0.1) is 0 Å². The third-order valence-corrected chi connectivity index (χ3v) is 2.55. The van der Waals surface area contributed by atoms with Crippen LogP contribution < -0.4 is 5.32 Å². The van der Waals surface area contributed by atoms with Crippen molar-refractivity contribution >= 4 is 11.8 Å². The van der Waals surface area contributed by atoms with Crippen LogP contribution in [-0.2, 0) is 9.59 Å². The zero-order valence-electron chi connectivity index (χ0n) is 9.41. The predicted molar refractivity (Wildman–Crippen MR) is 55.1 cm³/mol. The van der Waals surface area contributed by atoms with Gasteiger partial charge in [-0.2, -0.15) is 0 Å². The number of hydrogen-bond donors (Lipinski definition) is 2. The predicted octanol–water partition coefficient (Wildman–Crippen LogP) is -0.648. The molecule has 1 rings (SSSR count). The fourth-order valence-corrected chi connectivity index (χ4v) is 1.72. The van der Waals surface area contributed by atoms with Gasteiger partial charge in [-0.3, -0.25) is 14.5 Å². The summed E-state index contributed by atoms with van der Waals surface area (Å²) in [5, 5.41) is 12.3. The van der Waals surface area contributed by atoms with Crippen molar-refractivity contribution in [2.24, 2.45) is 5.41 Å². The minimum absolute atomic E-state index is 0.0853. The van der Waals surface area contributed by atoms with Crippen LogP contribution in [0.25, 0.3) is 0 Å². The molecule has 1 atom stereocenters. The number of nitrogens with one attached hydrogen (secondary N) is 1. The number of nitrogens with zero attached hydrogens (tertiary/aromatic N) is 1. The van der Waals surface area contributed by atoms with Crippen molar-refractivity contribution in [3.63, 3.8) is 0 Å². The van der Waals surface area contributed by atoms with Gasteiger partial charge < -0.3 is 10.4 Å². The van der Waals surface area contributed by atoms with Crippen molar-refractivity contribution in [3.8, 4) is 0 Å². The van der Waals surface area contributed by atoms with E-state index in [0.29, 0.717) is 6.54 Å². The number of β-amino-alcohol motifs (C(OH)–C–C–N with tert-alkyl or cyclic N) is 1. The van der Waals surface area contributed by atoms with Gasteiger partial charge in [-0.05, 0) is 7.05 Å². The summed E-state index contributed by atoms with van der Waals surface area (Å²) < 4.78 is 0. The van der Waals surface area contributed by atoms with E-state index in [0.717, 1.165) is 4.90 Å². The Morgan fingerprint density at radius 2 is 2.13 bits per heavy atom. The first-order valence-corrected chi connectivity index (χ1v) is 5.06. The maximum absolute atomic E-state index is 11.8. The second-order valence-corrected chi connectivity index (χ2v) is 4.58. The second kappa shape index (κ2) is 4.28. The van der Waals surface area contributed by atoms with Gasteiger partial charge in [0.25, 0.3) is 0 Å². The Balaban J connectivity index is 2.63. The number of hydrogen-bond acceptors (Lipinski definition) is 4. The molecule has 0 saturated carbocycles. The van der Waals surface area contributed by atoms with Crippen molar-refractivity contribution < 1.29 is 14.7 Å².